The Hall–Kier alpha value is -3.41. The molecule has 0 radical (unpaired) electrons. The van der Waals surface area contributed by atoms with Gasteiger partial charge in [0.15, 0.2) is 0 Å². The molecule has 0 heterocycles. The molecule has 4 aromatic rings. The Labute approximate surface area is 200 Å². The Morgan fingerprint density at radius 1 is 0.588 bits per heavy atom. The summed E-state index contributed by atoms with van der Waals surface area (Å²) in [7, 11) is -2.35. The predicted molar refractivity (Wildman–Crippen MR) is 145 cm³/mol. The molecule has 0 saturated carbocycles. The monoisotopic (exact) mass is 458 g/mol. The van der Waals surface area contributed by atoms with Crippen molar-refractivity contribution in [1.82, 2.24) is 0 Å². The highest BCUT2D eigenvalue weighted by Crippen LogP contribution is 2.41. The summed E-state index contributed by atoms with van der Waals surface area (Å²) in [5, 5.41) is 6.02. The van der Waals surface area contributed by atoms with Crippen molar-refractivity contribution in [2.24, 2.45) is 11.8 Å². The lowest BCUT2D eigenvalue weighted by atomic mass is 9.70. The zero-order valence-electron chi connectivity index (χ0n) is 19.5. The van der Waals surface area contributed by atoms with Gasteiger partial charge in [0.05, 0.1) is 0 Å². The van der Waals surface area contributed by atoms with Crippen LogP contribution in [0.25, 0.3) is 21.9 Å². The Balaban J connectivity index is 1.70. The van der Waals surface area contributed by atoms with Crippen LogP contribution in [0.15, 0.2) is 115 Å². The van der Waals surface area contributed by atoms with Gasteiger partial charge in [-0.3, -0.25) is 0 Å². The van der Waals surface area contributed by atoms with Gasteiger partial charge >= 0.3 is 0 Å². The van der Waals surface area contributed by atoms with Crippen LogP contribution >= 0.6 is 7.14 Å². The number of fused-ring (bicyclic) bond motifs is 3. The number of benzene rings is 4. The van der Waals surface area contributed by atoms with Crippen molar-refractivity contribution in [3.8, 4) is 0 Å². The molecule has 0 spiro atoms. The quantitative estimate of drug-likeness (QED) is 0.352. The molecule has 4 aromatic carbocycles. The van der Waals surface area contributed by atoms with E-state index >= 15 is 0 Å². The minimum atomic E-state index is -2.35. The summed E-state index contributed by atoms with van der Waals surface area (Å²) in [5.74, 6) is 0.472. The number of hydrogen-bond acceptors (Lipinski definition) is 1. The Bertz CT molecular complexity index is 1660. The average molecular weight is 459 g/mol. The molecule has 34 heavy (non-hydrogen) atoms. The lowest BCUT2D eigenvalue weighted by Gasteiger charge is -2.33. The topological polar surface area (TPSA) is 17.1 Å². The molecular weight excluding hydrogens is 431 g/mol. The van der Waals surface area contributed by atoms with Crippen molar-refractivity contribution in [1.29, 1.82) is 0 Å². The van der Waals surface area contributed by atoms with E-state index in [1.165, 1.54) is 43.5 Å². The van der Waals surface area contributed by atoms with Crippen molar-refractivity contribution in [2.45, 2.75) is 0 Å². The van der Waals surface area contributed by atoms with Gasteiger partial charge in [0.2, 0.25) is 0 Å². The van der Waals surface area contributed by atoms with E-state index < -0.39 is 7.14 Å². The molecule has 166 valence electrons. The second-order valence-electron chi connectivity index (χ2n) is 9.66. The molecule has 0 fully saturated rings. The van der Waals surface area contributed by atoms with E-state index in [-0.39, 0.29) is 11.8 Å². The normalized spacial score (nSPS) is 19.2. The molecule has 2 unspecified atom stereocenters. The van der Waals surface area contributed by atoms with Crippen LogP contribution in [-0.2, 0) is 4.57 Å². The Morgan fingerprint density at radius 2 is 1.18 bits per heavy atom. The fourth-order valence-corrected chi connectivity index (χ4v) is 6.43. The van der Waals surface area contributed by atoms with Gasteiger partial charge in [-0.05, 0) is 68.9 Å². The van der Waals surface area contributed by atoms with Crippen LogP contribution in [0, 0.1) is 11.8 Å². The van der Waals surface area contributed by atoms with Gasteiger partial charge < -0.3 is 4.57 Å². The SMILES string of the molecule is CP(C)(=O)c1cccc(C2=c3ccccc3=C(c3ccc4ccccc4c3)C3C=CC=CC23)c1. The number of rotatable bonds is 3. The molecule has 2 atom stereocenters. The minimum Gasteiger partial charge on any atom is -0.319 e. The lowest BCUT2D eigenvalue weighted by molar-refractivity contribution is 0.588. The van der Waals surface area contributed by atoms with Crippen LogP contribution in [0.2, 0.25) is 0 Å². The molecule has 0 amide bonds. The molecule has 0 bridgehead atoms. The van der Waals surface area contributed by atoms with Gasteiger partial charge in [-0.15, -0.1) is 0 Å². The van der Waals surface area contributed by atoms with Crippen LogP contribution in [0.4, 0.5) is 0 Å². The number of hydrogen-bond donors (Lipinski definition) is 0. The maximum Gasteiger partial charge on any atom is 0.109 e. The fraction of sp³-hybridized carbons (Fsp3) is 0.125. The third kappa shape index (κ3) is 3.52. The molecular formula is C32H27OP. The van der Waals surface area contributed by atoms with Gasteiger partial charge in [-0.2, -0.15) is 0 Å². The second-order valence-corrected chi connectivity index (χ2v) is 12.9. The Morgan fingerprint density at radius 3 is 1.82 bits per heavy atom. The van der Waals surface area contributed by atoms with E-state index in [1.807, 2.05) is 19.4 Å². The van der Waals surface area contributed by atoms with E-state index in [4.69, 9.17) is 0 Å². The van der Waals surface area contributed by atoms with Gasteiger partial charge in [0.1, 0.15) is 7.14 Å². The summed E-state index contributed by atoms with van der Waals surface area (Å²) >= 11 is 0. The van der Waals surface area contributed by atoms with Gasteiger partial charge in [0, 0.05) is 17.1 Å². The van der Waals surface area contributed by atoms with Crippen molar-refractivity contribution in [3.63, 3.8) is 0 Å². The average Bonchev–Trinajstić information content (AvgIpc) is 2.86. The second kappa shape index (κ2) is 8.12. The lowest BCUT2D eigenvalue weighted by Crippen LogP contribution is -2.40. The molecule has 0 aromatic heterocycles. The largest absolute Gasteiger partial charge is 0.319 e. The third-order valence-corrected chi connectivity index (χ3v) is 8.67. The first-order valence-corrected chi connectivity index (χ1v) is 14.4. The highest BCUT2D eigenvalue weighted by molar-refractivity contribution is 7.70. The number of allylic oxidation sites excluding steroid dienone is 4. The first kappa shape index (κ1) is 21.1. The van der Waals surface area contributed by atoms with Crippen molar-refractivity contribution in [3.05, 3.63) is 137 Å². The zero-order chi connectivity index (χ0) is 23.3. The van der Waals surface area contributed by atoms with Gasteiger partial charge in [-0.1, -0.05) is 103 Å². The van der Waals surface area contributed by atoms with Gasteiger partial charge in [0.25, 0.3) is 0 Å². The van der Waals surface area contributed by atoms with Crippen LogP contribution in [0.1, 0.15) is 11.1 Å². The third-order valence-electron chi connectivity index (χ3n) is 7.15. The van der Waals surface area contributed by atoms with Crippen LogP contribution < -0.4 is 15.7 Å². The highest BCUT2D eigenvalue weighted by Gasteiger charge is 2.32. The van der Waals surface area contributed by atoms with E-state index in [1.54, 1.807) is 0 Å². The standard InChI is InChI=1S/C32H27OP/c1-34(2,33)26-13-9-12-24(21-26)31-27-14-5-7-16-29(27)32(30-17-8-6-15-28(30)31)25-19-18-22-10-3-4-11-23(22)20-25/h3-21,27,29H,1-2H3. The maximum absolute atomic E-state index is 12.9. The molecule has 2 aliphatic carbocycles. The summed E-state index contributed by atoms with van der Waals surface area (Å²) in [6.45, 7) is 3.70. The van der Waals surface area contributed by atoms with E-state index in [0.717, 1.165) is 5.30 Å². The predicted octanol–water partition coefficient (Wildman–Crippen LogP) is 5.86. The molecule has 2 aliphatic rings. The first-order valence-electron chi connectivity index (χ1n) is 11.8. The summed E-state index contributed by atoms with van der Waals surface area (Å²) in [6, 6.07) is 32.6. The molecule has 1 nitrogen and oxygen atoms in total. The van der Waals surface area contributed by atoms with Crippen molar-refractivity contribution >= 4 is 34.4 Å². The smallest absolute Gasteiger partial charge is 0.109 e. The van der Waals surface area contributed by atoms with Crippen molar-refractivity contribution in [2.75, 3.05) is 13.3 Å². The minimum absolute atomic E-state index is 0.227. The van der Waals surface area contributed by atoms with E-state index in [2.05, 4.69) is 109 Å². The van der Waals surface area contributed by atoms with E-state index in [0.29, 0.717) is 0 Å². The van der Waals surface area contributed by atoms with Crippen LogP contribution in [-0.4, -0.2) is 13.3 Å². The van der Waals surface area contributed by atoms with Crippen LogP contribution in [0.5, 0.6) is 0 Å². The highest BCUT2D eigenvalue weighted by atomic mass is 31.2. The first-order chi connectivity index (χ1) is 16.5. The summed E-state index contributed by atoms with van der Waals surface area (Å²) < 4.78 is 12.9. The summed E-state index contributed by atoms with van der Waals surface area (Å²) in [4.78, 5) is 0. The zero-order valence-corrected chi connectivity index (χ0v) is 20.4. The van der Waals surface area contributed by atoms with E-state index in [9.17, 15) is 4.57 Å². The fourth-order valence-electron chi connectivity index (χ4n) is 5.53. The van der Waals surface area contributed by atoms with Crippen molar-refractivity contribution < 1.29 is 4.57 Å². The van der Waals surface area contributed by atoms with Crippen LogP contribution in [0.3, 0.4) is 0 Å². The van der Waals surface area contributed by atoms with Gasteiger partial charge in [-0.25, -0.2) is 0 Å². The molecule has 0 saturated heterocycles. The Kier molecular flexibility index (Phi) is 5.05. The molecule has 0 N–H and O–H groups in total. The maximum atomic E-state index is 12.9. The summed E-state index contributed by atoms with van der Waals surface area (Å²) in [5.41, 5.74) is 5.14. The molecule has 6 rings (SSSR count). The summed E-state index contributed by atoms with van der Waals surface area (Å²) in [6.07, 6.45) is 9.03. The molecule has 0 aliphatic heterocycles. The molecule has 2 heteroatoms.